The van der Waals surface area contributed by atoms with Gasteiger partial charge in [0.05, 0.1) is 14.2 Å². The Kier molecular flexibility index (Phi) is 7.72. The molecule has 1 aliphatic heterocycles. The maximum atomic E-state index is 12.5. The molecule has 0 spiro atoms. The van der Waals surface area contributed by atoms with Crippen LogP contribution in [0.1, 0.15) is 17.3 Å². The first kappa shape index (κ1) is 22.4. The van der Waals surface area contributed by atoms with E-state index in [4.69, 9.17) is 14.2 Å². The van der Waals surface area contributed by atoms with Crippen LogP contribution < -0.4 is 19.7 Å². The van der Waals surface area contributed by atoms with E-state index in [1.807, 2.05) is 24.3 Å². The van der Waals surface area contributed by atoms with Gasteiger partial charge < -0.3 is 29.3 Å². The van der Waals surface area contributed by atoms with E-state index < -0.39 is 18.5 Å². The Morgan fingerprint density at radius 2 is 1.55 bits per heavy atom. The fourth-order valence-corrected chi connectivity index (χ4v) is 3.53. The number of carbonyl (C=O) groups excluding carboxylic acids is 2. The van der Waals surface area contributed by atoms with Gasteiger partial charge in [0.25, 0.3) is 5.91 Å². The molecule has 31 heavy (non-hydrogen) atoms. The highest BCUT2D eigenvalue weighted by atomic mass is 16.5. The molecular weight excluding hydrogens is 398 g/mol. The van der Waals surface area contributed by atoms with Crippen molar-refractivity contribution < 1.29 is 23.8 Å². The van der Waals surface area contributed by atoms with E-state index in [0.717, 1.165) is 38.4 Å². The van der Waals surface area contributed by atoms with Crippen molar-refractivity contribution >= 4 is 23.3 Å². The first-order chi connectivity index (χ1) is 15.0. The SMILES string of the molecule is CCN1CCN(c2ccc(NC(=O)COC(=O)c3c(OC)cccc3OC)cc2)CC1. The number of carbonyl (C=O) groups is 2. The number of esters is 1. The molecule has 1 N–H and O–H groups in total. The lowest BCUT2D eigenvalue weighted by Crippen LogP contribution is -2.46. The zero-order valence-corrected chi connectivity index (χ0v) is 18.2. The van der Waals surface area contributed by atoms with Crippen molar-refractivity contribution in [1.82, 2.24) is 4.90 Å². The molecule has 1 fully saturated rings. The Balaban J connectivity index is 1.53. The molecule has 0 atom stereocenters. The molecule has 1 amide bonds. The summed E-state index contributed by atoms with van der Waals surface area (Å²) in [4.78, 5) is 29.5. The number of ether oxygens (including phenoxy) is 3. The topological polar surface area (TPSA) is 80.3 Å². The van der Waals surface area contributed by atoms with Crippen molar-refractivity contribution in [3.63, 3.8) is 0 Å². The molecule has 0 saturated carbocycles. The average molecular weight is 428 g/mol. The Morgan fingerprint density at radius 3 is 2.10 bits per heavy atom. The van der Waals surface area contributed by atoms with Crippen molar-refractivity contribution in [3.8, 4) is 11.5 Å². The maximum Gasteiger partial charge on any atom is 0.346 e. The molecule has 0 aliphatic carbocycles. The fraction of sp³-hybridized carbons (Fsp3) is 0.391. The highest BCUT2D eigenvalue weighted by molar-refractivity contribution is 5.98. The Morgan fingerprint density at radius 1 is 0.935 bits per heavy atom. The normalized spacial score (nSPS) is 14.1. The van der Waals surface area contributed by atoms with Crippen LogP contribution in [0, 0.1) is 0 Å². The van der Waals surface area contributed by atoms with Crippen LogP contribution in [-0.4, -0.2) is 70.3 Å². The number of benzene rings is 2. The van der Waals surface area contributed by atoms with Crippen LogP contribution in [0.5, 0.6) is 11.5 Å². The predicted octanol–water partition coefficient (Wildman–Crippen LogP) is 2.64. The number of methoxy groups -OCH3 is 2. The molecule has 8 nitrogen and oxygen atoms in total. The van der Waals surface area contributed by atoms with Gasteiger partial charge in [-0.2, -0.15) is 0 Å². The second-order valence-electron chi connectivity index (χ2n) is 7.13. The second kappa shape index (κ2) is 10.7. The molecule has 166 valence electrons. The third-order valence-electron chi connectivity index (χ3n) is 5.30. The molecule has 1 aliphatic rings. The molecular formula is C23H29N3O5. The summed E-state index contributed by atoms with van der Waals surface area (Å²) in [6.45, 7) is 6.92. The van der Waals surface area contributed by atoms with E-state index >= 15 is 0 Å². The van der Waals surface area contributed by atoms with Crippen LogP contribution >= 0.6 is 0 Å². The van der Waals surface area contributed by atoms with Crippen LogP contribution in [0.25, 0.3) is 0 Å². The van der Waals surface area contributed by atoms with Crippen LogP contribution in [0.15, 0.2) is 42.5 Å². The minimum atomic E-state index is -0.689. The van der Waals surface area contributed by atoms with E-state index in [2.05, 4.69) is 22.0 Å². The number of anilines is 2. The Bertz CT molecular complexity index is 870. The predicted molar refractivity (Wildman–Crippen MR) is 119 cm³/mol. The zero-order valence-electron chi connectivity index (χ0n) is 18.2. The van der Waals surface area contributed by atoms with Gasteiger partial charge in [-0.1, -0.05) is 13.0 Å². The third-order valence-corrected chi connectivity index (χ3v) is 5.30. The van der Waals surface area contributed by atoms with Gasteiger partial charge >= 0.3 is 5.97 Å². The maximum absolute atomic E-state index is 12.5. The van der Waals surface area contributed by atoms with Crippen molar-refractivity contribution in [2.24, 2.45) is 0 Å². The van der Waals surface area contributed by atoms with Gasteiger partial charge in [0.2, 0.25) is 0 Å². The van der Waals surface area contributed by atoms with Crippen molar-refractivity contribution in [1.29, 1.82) is 0 Å². The average Bonchev–Trinajstić information content (AvgIpc) is 2.82. The standard InChI is InChI=1S/C23H29N3O5/c1-4-25-12-14-26(15-13-25)18-10-8-17(9-11-18)24-21(27)16-31-23(28)22-19(29-2)6-5-7-20(22)30-3/h5-11H,4,12-16H2,1-3H3,(H,24,27). The number of nitrogens with zero attached hydrogens (tertiary/aromatic N) is 2. The number of amides is 1. The highest BCUT2D eigenvalue weighted by Gasteiger charge is 2.21. The van der Waals surface area contributed by atoms with Crippen LogP contribution in [0.2, 0.25) is 0 Å². The summed E-state index contributed by atoms with van der Waals surface area (Å²) in [6.07, 6.45) is 0. The van der Waals surface area contributed by atoms with Crippen molar-refractivity contribution in [2.75, 3.05) is 63.8 Å². The number of piperazine rings is 1. The monoisotopic (exact) mass is 427 g/mol. The summed E-state index contributed by atoms with van der Waals surface area (Å²) in [7, 11) is 2.90. The molecule has 8 heteroatoms. The first-order valence-corrected chi connectivity index (χ1v) is 10.3. The molecule has 1 saturated heterocycles. The highest BCUT2D eigenvalue weighted by Crippen LogP contribution is 2.29. The summed E-state index contributed by atoms with van der Waals surface area (Å²) in [6, 6.07) is 12.6. The molecule has 2 aromatic rings. The summed E-state index contributed by atoms with van der Waals surface area (Å²) in [5, 5.41) is 2.75. The van der Waals surface area contributed by atoms with E-state index in [9.17, 15) is 9.59 Å². The van der Waals surface area contributed by atoms with Gasteiger partial charge in [0.15, 0.2) is 6.61 Å². The summed E-state index contributed by atoms with van der Waals surface area (Å²) >= 11 is 0. The van der Waals surface area contributed by atoms with Gasteiger partial charge in [0.1, 0.15) is 17.1 Å². The molecule has 1 heterocycles. The Hall–Kier alpha value is -3.26. The molecule has 0 aromatic heterocycles. The smallest absolute Gasteiger partial charge is 0.346 e. The number of likely N-dealkylation sites (N-methyl/N-ethyl adjacent to an activating group) is 1. The fourth-order valence-electron chi connectivity index (χ4n) is 3.53. The minimum Gasteiger partial charge on any atom is -0.496 e. The molecule has 0 radical (unpaired) electrons. The lowest BCUT2D eigenvalue weighted by molar-refractivity contribution is -0.119. The van der Waals surface area contributed by atoms with E-state index in [0.29, 0.717) is 17.2 Å². The quantitative estimate of drug-likeness (QED) is 0.649. The lowest BCUT2D eigenvalue weighted by Gasteiger charge is -2.35. The number of hydrogen-bond donors (Lipinski definition) is 1. The van der Waals surface area contributed by atoms with Crippen LogP contribution in [-0.2, 0) is 9.53 Å². The first-order valence-electron chi connectivity index (χ1n) is 10.3. The lowest BCUT2D eigenvalue weighted by atomic mass is 10.2. The van der Waals surface area contributed by atoms with Gasteiger partial charge in [0, 0.05) is 37.6 Å². The summed E-state index contributed by atoms with van der Waals surface area (Å²) < 4.78 is 15.6. The van der Waals surface area contributed by atoms with Crippen LogP contribution in [0.3, 0.4) is 0 Å². The third kappa shape index (κ3) is 5.67. The number of hydrogen-bond acceptors (Lipinski definition) is 7. The van der Waals surface area contributed by atoms with E-state index in [1.54, 1.807) is 18.2 Å². The number of rotatable bonds is 8. The largest absolute Gasteiger partial charge is 0.496 e. The molecule has 0 unspecified atom stereocenters. The van der Waals surface area contributed by atoms with E-state index in [-0.39, 0.29) is 5.56 Å². The molecule has 3 rings (SSSR count). The summed E-state index contributed by atoms with van der Waals surface area (Å²) in [5.41, 5.74) is 1.92. The minimum absolute atomic E-state index is 0.146. The van der Waals surface area contributed by atoms with Gasteiger partial charge in [-0.3, -0.25) is 4.79 Å². The van der Waals surface area contributed by atoms with Gasteiger partial charge in [-0.15, -0.1) is 0 Å². The van der Waals surface area contributed by atoms with Crippen molar-refractivity contribution in [2.45, 2.75) is 6.92 Å². The Labute approximate surface area is 182 Å². The van der Waals surface area contributed by atoms with Crippen molar-refractivity contribution in [3.05, 3.63) is 48.0 Å². The van der Waals surface area contributed by atoms with Crippen LogP contribution in [0.4, 0.5) is 11.4 Å². The summed E-state index contributed by atoms with van der Waals surface area (Å²) in [5.74, 6) is -0.474. The molecule has 2 aromatic carbocycles. The number of nitrogens with one attached hydrogen (secondary N) is 1. The molecule has 0 bridgehead atoms. The van der Waals surface area contributed by atoms with E-state index in [1.165, 1.54) is 14.2 Å². The van der Waals surface area contributed by atoms with Gasteiger partial charge in [-0.05, 0) is 42.9 Å². The van der Waals surface area contributed by atoms with Gasteiger partial charge in [-0.25, -0.2) is 4.79 Å². The second-order valence-corrected chi connectivity index (χ2v) is 7.13. The zero-order chi connectivity index (χ0) is 22.2.